The Morgan fingerprint density at radius 2 is 1.88 bits per heavy atom. The second-order valence-corrected chi connectivity index (χ2v) is 3.77. The lowest BCUT2D eigenvalue weighted by Crippen LogP contribution is -1.81. The van der Waals surface area contributed by atoms with Crippen molar-refractivity contribution in [2.75, 3.05) is 0 Å². The van der Waals surface area contributed by atoms with Gasteiger partial charge in [-0.2, -0.15) is 4.98 Å². The first-order valence-corrected chi connectivity index (χ1v) is 5.27. The van der Waals surface area contributed by atoms with Gasteiger partial charge in [0.2, 0.25) is 5.82 Å². The third-order valence-corrected chi connectivity index (χ3v) is 2.47. The number of aromatic nitrogens is 2. The highest BCUT2D eigenvalue weighted by Gasteiger charge is 2.11. The Labute approximate surface area is 97.9 Å². The van der Waals surface area contributed by atoms with Crippen LogP contribution in [0.4, 0.5) is 0 Å². The molecule has 4 heteroatoms. The van der Waals surface area contributed by atoms with Gasteiger partial charge >= 0.3 is 0 Å². The average Bonchev–Trinajstić information content (AvgIpc) is 3.00. The minimum Gasteiger partial charge on any atom is -0.459 e. The molecule has 3 aromatic rings. The highest BCUT2D eigenvalue weighted by atomic mass is 16.5. The quantitative estimate of drug-likeness (QED) is 0.672. The molecular formula is C13H10N2O2. The molecule has 0 fully saturated rings. The summed E-state index contributed by atoms with van der Waals surface area (Å²) in [7, 11) is 0. The van der Waals surface area contributed by atoms with Crippen LogP contribution in [-0.4, -0.2) is 10.1 Å². The van der Waals surface area contributed by atoms with E-state index in [4.69, 9.17) is 8.94 Å². The molecule has 0 radical (unpaired) electrons. The maximum absolute atomic E-state index is 5.19. The molecule has 0 spiro atoms. The van der Waals surface area contributed by atoms with Gasteiger partial charge in [0.1, 0.15) is 0 Å². The molecule has 17 heavy (non-hydrogen) atoms. The zero-order valence-electron chi connectivity index (χ0n) is 9.25. The summed E-state index contributed by atoms with van der Waals surface area (Å²) in [5.74, 6) is 1.54. The molecule has 0 aliphatic heterocycles. The summed E-state index contributed by atoms with van der Waals surface area (Å²) in [4.78, 5) is 4.28. The van der Waals surface area contributed by atoms with E-state index in [-0.39, 0.29) is 0 Å². The molecule has 0 aliphatic carbocycles. The van der Waals surface area contributed by atoms with Gasteiger partial charge in [0.05, 0.1) is 6.26 Å². The van der Waals surface area contributed by atoms with Crippen LogP contribution in [0.1, 0.15) is 5.56 Å². The molecule has 0 atom stereocenters. The monoisotopic (exact) mass is 226 g/mol. The van der Waals surface area contributed by atoms with Crippen molar-refractivity contribution in [3.63, 3.8) is 0 Å². The fraction of sp³-hybridized carbons (Fsp3) is 0.0769. The zero-order chi connectivity index (χ0) is 11.7. The van der Waals surface area contributed by atoms with Crippen LogP contribution in [0.15, 0.2) is 51.6 Å². The van der Waals surface area contributed by atoms with Crippen LogP contribution in [0.25, 0.3) is 23.0 Å². The molecule has 2 aromatic heterocycles. The largest absolute Gasteiger partial charge is 0.459 e. The summed E-state index contributed by atoms with van der Waals surface area (Å²) in [5.41, 5.74) is 2.13. The summed E-state index contributed by atoms with van der Waals surface area (Å²) >= 11 is 0. The van der Waals surface area contributed by atoms with Gasteiger partial charge in [-0.05, 0) is 19.1 Å². The number of rotatable bonds is 2. The van der Waals surface area contributed by atoms with Crippen molar-refractivity contribution in [2.45, 2.75) is 6.92 Å². The van der Waals surface area contributed by atoms with E-state index in [0.717, 1.165) is 5.56 Å². The fourth-order valence-corrected chi connectivity index (χ4v) is 1.54. The van der Waals surface area contributed by atoms with E-state index in [0.29, 0.717) is 17.5 Å². The van der Waals surface area contributed by atoms with Crippen LogP contribution in [0.5, 0.6) is 0 Å². The summed E-state index contributed by atoms with van der Waals surface area (Å²) in [5, 5.41) is 3.93. The first kappa shape index (κ1) is 9.84. The third-order valence-electron chi connectivity index (χ3n) is 2.47. The second kappa shape index (κ2) is 3.90. The lowest BCUT2D eigenvalue weighted by molar-refractivity contribution is 0.417. The topological polar surface area (TPSA) is 52.1 Å². The molecule has 0 saturated carbocycles. The van der Waals surface area contributed by atoms with Gasteiger partial charge < -0.3 is 8.94 Å². The fourth-order valence-electron chi connectivity index (χ4n) is 1.54. The van der Waals surface area contributed by atoms with Crippen LogP contribution in [0.2, 0.25) is 0 Å². The van der Waals surface area contributed by atoms with Crippen LogP contribution < -0.4 is 0 Å². The molecule has 0 saturated heterocycles. The van der Waals surface area contributed by atoms with Crippen molar-refractivity contribution in [2.24, 2.45) is 0 Å². The van der Waals surface area contributed by atoms with Gasteiger partial charge in [-0.15, -0.1) is 0 Å². The van der Waals surface area contributed by atoms with E-state index in [9.17, 15) is 0 Å². The van der Waals surface area contributed by atoms with E-state index in [1.54, 1.807) is 18.4 Å². The van der Waals surface area contributed by atoms with Crippen molar-refractivity contribution in [3.8, 4) is 23.0 Å². The third kappa shape index (κ3) is 1.85. The molecule has 1 aromatic carbocycles. The molecule has 2 heterocycles. The van der Waals surface area contributed by atoms with Crippen LogP contribution >= 0.6 is 0 Å². The molecule has 0 N–H and O–H groups in total. The van der Waals surface area contributed by atoms with Crippen LogP contribution in [0.3, 0.4) is 0 Å². The zero-order valence-corrected chi connectivity index (χ0v) is 9.25. The maximum Gasteiger partial charge on any atom is 0.293 e. The van der Waals surface area contributed by atoms with E-state index in [2.05, 4.69) is 10.1 Å². The van der Waals surface area contributed by atoms with Crippen molar-refractivity contribution in [1.29, 1.82) is 0 Å². The highest BCUT2D eigenvalue weighted by Crippen LogP contribution is 2.22. The minimum absolute atomic E-state index is 0.394. The number of aryl methyl sites for hydroxylation is 1. The summed E-state index contributed by atoms with van der Waals surface area (Å²) < 4.78 is 10.3. The Kier molecular flexibility index (Phi) is 2.26. The highest BCUT2D eigenvalue weighted by molar-refractivity contribution is 5.57. The minimum atomic E-state index is 0.394. The standard InChI is InChI=1S/C13H10N2O2/c1-9-4-6-10(7-5-9)12-14-13(17-15-12)11-3-2-8-16-11/h2-8H,1H3. The van der Waals surface area contributed by atoms with Crippen molar-refractivity contribution >= 4 is 0 Å². The molecule has 84 valence electrons. The predicted octanol–water partition coefficient (Wildman–Crippen LogP) is 3.31. The van der Waals surface area contributed by atoms with Crippen LogP contribution in [-0.2, 0) is 0 Å². The molecule has 0 aliphatic rings. The van der Waals surface area contributed by atoms with Gasteiger partial charge in [-0.25, -0.2) is 0 Å². The number of benzene rings is 1. The Morgan fingerprint density at radius 3 is 2.59 bits per heavy atom. The predicted molar refractivity (Wildman–Crippen MR) is 62.2 cm³/mol. The molecule has 0 amide bonds. The lowest BCUT2D eigenvalue weighted by atomic mass is 10.1. The van der Waals surface area contributed by atoms with Gasteiger partial charge in [0, 0.05) is 5.56 Å². The maximum atomic E-state index is 5.19. The first-order valence-electron chi connectivity index (χ1n) is 5.27. The lowest BCUT2D eigenvalue weighted by Gasteiger charge is -1.94. The van der Waals surface area contributed by atoms with E-state index in [1.807, 2.05) is 31.2 Å². The summed E-state index contributed by atoms with van der Waals surface area (Å²) in [6.07, 6.45) is 1.57. The first-order chi connectivity index (χ1) is 8.33. The van der Waals surface area contributed by atoms with Gasteiger partial charge in [-0.1, -0.05) is 35.0 Å². The number of hydrogen-bond acceptors (Lipinski definition) is 4. The van der Waals surface area contributed by atoms with Gasteiger partial charge in [-0.3, -0.25) is 0 Å². The molecule has 0 bridgehead atoms. The average molecular weight is 226 g/mol. The molecule has 3 rings (SSSR count). The SMILES string of the molecule is Cc1ccc(-c2noc(-c3ccco3)n2)cc1. The van der Waals surface area contributed by atoms with Crippen molar-refractivity contribution < 1.29 is 8.94 Å². The Balaban J connectivity index is 1.98. The smallest absolute Gasteiger partial charge is 0.293 e. The number of hydrogen-bond donors (Lipinski definition) is 0. The summed E-state index contributed by atoms with van der Waals surface area (Å²) in [6, 6.07) is 11.5. The summed E-state index contributed by atoms with van der Waals surface area (Å²) in [6.45, 7) is 2.04. The Hall–Kier alpha value is -2.36. The Morgan fingerprint density at radius 1 is 1.06 bits per heavy atom. The number of nitrogens with zero attached hydrogens (tertiary/aromatic N) is 2. The van der Waals surface area contributed by atoms with E-state index >= 15 is 0 Å². The normalized spacial score (nSPS) is 10.6. The van der Waals surface area contributed by atoms with Crippen molar-refractivity contribution in [1.82, 2.24) is 10.1 Å². The number of furan rings is 1. The molecule has 4 nitrogen and oxygen atoms in total. The van der Waals surface area contributed by atoms with Crippen LogP contribution in [0, 0.1) is 6.92 Å². The van der Waals surface area contributed by atoms with Gasteiger partial charge in [0.15, 0.2) is 5.76 Å². The van der Waals surface area contributed by atoms with Gasteiger partial charge in [0.25, 0.3) is 5.89 Å². The Bertz CT molecular complexity index is 609. The van der Waals surface area contributed by atoms with E-state index in [1.165, 1.54) is 5.56 Å². The van der Waals surface area contributed by atoms with Crippen molar-refractivity contribution in [3.05, 3.63) is 48.2 Å². The molecule has 0 unspecified atom stereocenters. The molecular weight excluding hydrogens is 216 g/mol. The second-order valence-electron chi connectivity index (χ2n) is 3.77. The van der Waals surface area contributed by atoms with E-state index < -0.39 is 0 Å².